The first kappa shape index (κ1) is 14.5. The van der Waals surface area contributed by atoms with E-state index in [4.69, 9.17) is 9.97 Å². The average Bonchev–Trinajstić information content (AvgIpc) is 2.91. The highest BCUT2D eigenvalue weighted by atomic mass is 79.9. The first-order valence-electron chi connectivity index (χ1n) is 6.93. The minimum Gasteiger partial charge on any atom is -0.369 e. The van der Waals surface area contributed by atoms with Crippen molar-refractivity contribution < 1.29 is 0 Å². The number of anilines is 1. The Balaban J connectivity index is 2.19. The highest BCUT2D eigenvalue weighted by molar-refractivity contribution is 9.10. The predicted octanol–water partition coefficient (Wildman–Crippen LogP) is 5.25. The molecule has 5 heteroatoms. The molecule has 3 aromatic rings. The van der Waals surface area contributed by atoms with E-state index in [1.165, 1.54) is 5.56 Å². The Morgan fingerprint density at radius 1 is 1.24 bits per heavy atom. The van der Waals surface area contributed by atoms with Gasteiger partial charge in [0.2, 0.25) is 0 Å². The lowest BCUT2D eigenvalue weighted by Crippen LogP contribution is -2.04. The van der Waals surface area contributed by atoms with Crippen molar-refractivity contribution in [1.29, 1.82) is 0 Å². The van der Waals surface area contributed by atoms with Crippen LogP contribution in [0.1, 0.15) is 18.9 Å². The maximum Gasteiger partial charge on any atom is 0.163 e. The summed E-state index contributed by atoms with van der Waals surface area (Å²) >= 11 is 5.21. The molecule has 0 radical (unpaired) electrons. The van der Waals surface area contributed by atoms with Gasteiger partial charge in [-0.25, -0.2) is 9.97 Å². The Bertz CT molecular complexity index is 782. The fraction of sp³-hybridized carbons (Fsp3) is 0.250. The fourth-order valence-corrected chi connectivity index (χ4v) is 3.38. The largest absolute Gasteiger partial charge is 0.369 e. The van der Waals surface area contributed by atoms with Crippen LogP contribution in [0.5, 0.6) is 0 Å². The first-order chi connectivity index (χ1) is 10.2. The Morgan fingerprint density at radius 3 is 2.81 bits per heavy atom. The number of nitrogens with zero attached hydrogens (tertiary/aromatic N) is 2. The van der Waals surface area contributed by atoms with E-state index in [1.54, 1.807) is 11.3 Å². The van der Waals surface area contributed by atoms with E-state index in [0.717, 1.165) is 45.5 Å². The van der Waals surface area contributed by atoms with Gasteiger partial charge < -0.3 is 5.32 Å². The van der Waals surface area contributed by atoms with E-state index >= 15 is 0 Å². The maximum atomic E-state index is 4.75. The molecular formula is C16H16BrN3S. The second-order valence-electron chi connectivity index (χ2n) is 4.95. The SMILES string of the molecule is CCCNc1nc(-c2cscc2C)nc2ccc(Br)cc12. The van der Waals surface area contributed by atoms with Crippen LogP contribution in [0.25, 0.3) is 22.3 Å². The van der Waals surface area contributed by atoms with Crippen LogP contribution in [0.3, 0.4) is 0 Å². The van der Waals surface area contributed by atoms with Crippen LogP contribution in [0.4, 0.5) is 5.82 Å². The van der Waals surface area contributed by atoms with Crippen molar-refractivity contribution in [3.05, 3.63) is 39.0 Å². The van der Waals surface area contributed by atoms with Crippen LogP contribution in [-0.4, -0.2) is 16.5 Å². The number of halogens is 1. The minimum atomic E-state index is 0.794. The molecular weight excluding hydrogens is 346 g/mol. The summed E-state index contributed by atoms with van der Waals surface area (Å²) in [7, 11) is 0. The Kier molecular flexibility index (Phi) is 4.22. The number of hydrogen-bond donors (Lipinski definition) is 1. The molecule has 0 spiro atoms. The van der Waals surface area contributed by atoms with Crippen molar-refractivity contribution in [2.24, 2.45) is 0 Å². The van der Waals surface area contributed by atoms with Crippen molar-refractivity contribution in [2.45, 2.75) is 20.3 Å². The average molecular weight is 362 g/mol. The fourth-order valence-electron chi connectivity index (χ4n) is 2.19. The third-order valence-electron chi connectivity index (χ3n) is 3.30. The van der Waals surface area contributed by atoms with Gasteiger partial charge in [0.15, 0.2) is 5.82 Å². The summed E-state index contributed by atoms with van der Waals surface area (Å²) in [6.45, 7) is 5.15. The molecule has 108 valence electrons. The Hall–Kier alpha value is -1.46. The van der Waals surface area contributed by atoms with Crippen molar-refractivity contribution in [3.63, 3.8) is 0 Å². The van der Waals surface area contributed by atoms with Gasteiger partial charge in [-0.15, -0.1) is 0 Å². The molecule has 21 heavy (non-hydrogen) atoms. The normalized spacial score (nSPS) is 11.0. The van der Waals surface area contributed by atoms with Crippen LogP contribution >= 0.6 is 27.3 Å². The summed E-state index contributed by atoms with van der Waals surface area (Å²) in [6.07, 6.45) is 1.06. The van der Waals surface area contributed by atoms with Crippen molar-refractivity contribution in [1.82, 2.24) is 9.97 Å². The summed E-state index contributed by atoms with van der Waals surface area (Å²) in [4.78, 5) is 9.47. The van der Waals surface area contributed by atoms with E-state index in [9.17, 15) is 0 Å². The number of aromatic nitrogens is 2. The molecule has 3 rings (SSSR count). The molecule has 0 aliphatic carbocycles. The number of nitrogens with one attached hydrogen (secondary N) is 1. The number of hydrogen-bond acceptors (Lipinski definition) is 4. The molecule has 3 nitrogen and oxygen atoms in total. The lowest BCUT2D eigenvalue weighted by molar-refractivity contribution is 0.970. The summed E-state index contributed by atoms with van der Waals surface area (Å²) in [5.41, 5.74) is 3.30. The summed E-state index contributed by atoms with van der Waals surface area (Å²) in [6, 6.07) is 6.12. The zero-order valence-corrected chi connectivity index (χ0v) is 14.4. The number of rotatable bonds is 4. The summed E-state index contributed by atoms with van der Waals surface area (Å²) < 4.78 is 1.04. The van der Waals surface area contributed by atoms with E-state index in [1.807, 2.05) is 12.1 Å². The zero-order chi connectivity index (χ0) is 14.8. The van der Waals surface area contributed by atoms with E-state index in [0.29, 0.717) is 0 Å². The lowest BCUT2D eigenvalue weighted by atomic mass is 10.2. The van der Waals surface area contributed by atoms with Crippen LogP contribution in [0, 0.1) is 6.92 Å². The Labute approximate surface area is 136 Å². The molecule has 0 aliphatic heterocycles. The van der Waals surface area contributed by atoms with Gasteiger partial charge in [0.05, 0.1) is 5.52 Å². The van der Waals surface area contributed by atoms with Crippen LogP contribution in [-0.2, 0) is 0 Å². The van der Waals surface area contributed by atoms with E-state index in [2.05, 4.69) is 51.9 Å². The van der Waals surface area contributed by atoms with Crippen LogP contribution < -0.4 is 5.32 Å². The quantitative estimate of drug-likeness (QED) is 0.689. The van der Waals surface area contributed by atoms with Gasteiger partial charge in [-0.05, 0) is 42.5 Å². The van der Waals surface area contributed by atoms with Crippen molar-refractivity contribution in [2.75, 3.05) is 11.9 Å². The van der Waals surface area contributed by atoms with Gasteiger partial charge in [0, 0.05) is 27.3 Å². The summed E-state index contributed by atoms with van der Waals surface area (Å²) in [5, 5.41) is 8.71. The molecule has 1 N–H and O–H groups in total. The first-order valence-corrected chi connectivity index (χ1v) is 8.67. The molecule has 0 atom stereocenters. The number of aryl methyl sites for hydroxylation is 1. The molecule has 2 heterocycles. The number of thiophene rings is 1. The van der Waals surface area contributed by atoms with Crippen LogP contribution in [0.15, 0.2) is 33.4 Å². The highest BCUT2D eigenvalue weighted by Gasteiger charge is 2.11. The third-order valence-corrected chi connectivity index (χ3v) is 4.65. The van der Waals surface area contributed by atoms with Crippen LogP contribution in [0.2, 0.25) is 0 Å². The molecule has 0 amide bonds. The molecule has 1 aromatic carbocycles. The number of benzene rings is 1. The van der Waals surface area contributed by atoms with E-state index in [-0.39, 0.29) is 0 Å². The molecule has 0 saturated carbocycles. The van der Waals surface area contributed by atoms with Crippen molar-refractivity contribution >= 4 is 44.0 Å². The zero-order valence-electron chi connectivity index (χ0n) is 12.0. The highest BCUT2D eigenvalue weighted by Crippen LogP contribution is 2.30. The van der Waals surface area contributed by atoms with Gasteiger partial charge in [-0.1, -0.05) is 22.9 Å². The molecule has 0 saturated heterocycles. The standard InChI is InChI=1S/C16H16BrN3S/c1-3-6-18-15-12-7-11(17)4-5-14(12)19-16(20-15)13-9-21-8-10(13)2/h4-5,7-9H,3,6H2,1-2H3,(H,18,19,20). The smallest absolute Gasteiger partial charge is 0.163 e. The summed E-state index contributed by atoms with van der Waals surface area (Å²) in [5.74, 6) is 1.70. The predicted molar refractivity (Wildman–Crippen MR) is 94.1 cm³/mol. The third kappa shape index (κ3) is 2.94. The van der Waals surface area contributed by atoms with Gasteiger partial charge >= 0.3 is 0 Å². The number of fused-ring (bicyclic) bond motifs is 1. The Morgan fingerprint density at radius 2 is 2.10 bits per heavy atom. The van der Waals surface area contributed by atoms with Gasteiger partial charge in [-0.2, -0.15) is 11.3 Å². The topological polar surface area (TPSA) is 37.8 Å². The van der Waals surface area contributed by atoms with Gasteiger partial charge in [0.1, 0.15) is 5.82 Å². The molecule has 0 bridgehead atoms. The molecule has 2 aromatic heterocycles. The van der Waals surface area contributed by atoms with Gasteiger partial charge in [-0.3, -0.25) is 0 Å². The van der Waals surface area contributed by atoms with Crippen molar-refractivity contribution in [3.8, 4) is 11.4 Å². The lowest BCUT2D eigenvalue weighted by Gasteiger charge is -2.10. The molecule has 0 fully saturated rings. The second kappa shape index (κ2) is 6.12. The minimum absolute atomic E-state index is 0.794. The monoisotopic (exact) mass is 361 g/mol. The second-order valence-corrected chi connectivity index (χ2v) is 6.61. The van der Waals surface area contributed by atoms with E-state index < -0.39 is 0 Å². The van der Waals surface area contributed by atoms with Gasteiger partial charge in [0.25, 0.3) is 0 Å². The molecule has 0 aliphatic rings. The maximum absolute atomic E-state index is 4.75. The molecule has 0 unspecified atom stereocenters.